The van der Waals surface area contributed by atoms with Gasteiger partial charge in [0.2, 0.25) is 0 Å². The van der Waals surface area contributed by atoms with E-state index in [-0.39, 0.29) is 11.7 Å². The number of non-ortho nitro benzene ring substituents is 1. The summed E-state index contributed by atoms with van der Waals surface area (Å²) in [6.07, 6.45) is 3.17. The predicted molar refractivity (Wildman–Crippen MR) is 104 cm³/mol. The zero-order valence-corrected chi connectivity index (χ0v) is 15.4. The quantitative estimate of drug-likeness (QED) is 0.527. The summed E-state index contributed by atoms with van der Waals surface area (Å²) in [5.74, 6) is 2.00. The van der Waals surface area contributed by atoms with E-state index in [1.807, 2.05) is 35.3 Å². The Balaban J connectivity index is 1.59. The van der Waals surface area contributed by atoms with Gasteiger partial charge in [-0.25, -0.2) is 0 Å². The van der Waals surface area contributed by atoms with Crippen LogP contribution in [0.15, 0.2) is 71.4 Å². The summed E-state index contributed by atoms with van der Waals surface area (Å²) in [4.78, 5) is 10.6. The Morgan fingerprint density at radius 3 is 2.66 bits per heavy atom. The third kappa shape index (κ3) is 2.81. The fraction of sp³-hybridized carbons (Fsp3) is 0.143. The van der Waals surface area contributed by atoms with Crippen LogP contribution in [0.3, 0.4) is 0 Å². The Labute approximate surface area is 166 Å². The van der Waals surface area contributed by atoms with Crippen LogP contribution < -0.4 is 14.9 Å². The minimum absolute atomic E-state index is 0.0304. The van der Waals surface area contributed by atoms with Gasteiger partial charge in [0.15, 0.2) is 23.5 Å². The number of nitrogens with zero attached hydrogens (tertiary/aromatic N) is 2. The van der Waals surface area contributed by atoms with Crippen molar-refractivity contribution in [3.63, 3.8) is 0 Å². The number of ether oxygens (including phenoxy) is 2. The molecule has 0 aliphatic carbocycles. The highest BCUT2D eigenvalue weighted by Gasteiger charge is 2.41. The number of hydrogen-bond donors (Lipinski definition) is 1. The van der Waals surface area contributed by atoms with Crippen molar-refractivity contribution in [2.24, 2.45) is 0 Å². The largest absolute Gasteiger partial charge is 0.493 e. The molecule has 3 heterocycles. The molecular formula is C21H17N3O5. The highest BCUT2D eigenvalue weighted by molar-refractivity contribution is 5.65. The molecule has 1 aromatic heterocycles. The molecule has 8 nitrogen and oxygen atoms in total. The van der Waals surface area contributed by atoms with E-state index in [0.717, 1.165) is 16.8 Å². The fourth-order valence-electron chi connectivity index (χ4n) is 3.71. The fourth-order valence-corrected chi connectivity index (χ4v) is 3.71. The second kappa shape index (κ2) is 6.68. The molecule has 29 heavy (non-hydrogen) atoms. The van der Waals surface area contributed by atoms with Gasteiger partial charge in [0.1, 0.15) is 0 Å². The monoisotopic (exact) mass is 391 g/mol. The normalized spacial score (nSPS) is 20.1. The van der Waals surface area contributed by atoms with Gasteiger partial charge in [-0.3, -0.25) is 10.1 Å². The maximum atomic E-state index is 11.0. The lowest BCUT2D eigenvalue weighted by molar-refractivity contribution is -0.384. The molecule has 2 aliphatic heterocycles. The van der Waals surface area contributed by atoms with Crippen molar-refractivity contribution in [3.8, 4) is 11.5 Å². The number of para-hydroxylation sites is 1. The summed E-state index contributed by atoms with van der Waals surface area (Å²) in [7, 11) is 1.60. The maximum Gasteiger partial charge on any atom is 0.269 e. The summed E-state index contributed by atoms with van der Waals surface area (Å²) in [5, 5.41) is 13.0. The van der Waals surface area contributed by atoms with Crippen LogP contribution in [0, 0.1) is 10.1 Å². The van der Waals surface area contributed by atoms with E-state index in [0.29, 0.717) is 17.3 Å². The van der Waals surface area contributed by atoms with Crippen molar-refractivity contribution in [1.29, 1.82) is 0 Å². The van der Waals surface area contributed by atoms with E-state index in [4.69, 9.17) is 13.9 Å². The summed E-state index contributed by atoms with van der Waals surface area (Å²) in [6, 6.07) is 15.7. The smallest absolute Gasteiger partial charge is 0.269 e. The Hall–Kier alpha value is -3.78. The minimum atomic E-state index is -0.520. The average molecular weight is 391 g/mol. The second-order valence-electron chi connectivity index (χ2n) is 6.72. The van der Waals surface area contributed by atoms with Crippen molar-refractivity contribution in [1.82, 2.24) is 10.4 Å². The van der Waals surface area contributed by atoms with Crippen LogP contribution in [-0.4, -0.2) is 17.0 Å². The summed E-state index contributed by atoms with van der Waals surface area (Å²) in [6.45, 7) is 0. The van der Waals surface area contributed by atoms with Crippen LogP contribution >= 0.6 is 0 Å². The van der Waals surface area contributed by atoms with Gasteiger partial charge in [-0.05, 0) is 36.4 Å². The van der Waals surface area contributed by atoms with Gasteiger partial charge in [0, 0.05) is 23.3 Å². The molecule has 5 rings (SSSR count). The lowest BCUT2D eigenvalue weighted by Gasteiger charge is -2.39. The first kappa shape index (κ1) is 17.3. The summed E-state index contributed by atoms with van der Waals surface area (Å²) >= 11 is 0. The van der Waals surface area contributed by atoms with Crippen molar-refractivity contribution in [2.75, 3.05) is 7.11 Å². The summed E-state index contributed by atoms with van der Waals surface area (Å²) < 4.78 is 17.4. The van der Waals surface area contributed by atoms with Crippen LogP contribution in [0.2, 0.25) is 0 Å². The third-order valence-corrected chi connectivity index (χ3v) is 5.08. The number of methoxy groups -OCH3 is 1. The standard InChI is InChI=1S/C21H17N3O5/c1-27-19-5-2-4-15-17-12-16(18-6-3-11-28-18)22-23(17)21(29-20(15)19)13-7-9-14(10-8-13)24(25)26/h2-12,17,21-22H,1H3. The molecule has 146 valence electrons. The number of hydrazine groups is 1. The number of nitro groups is 1. The molecular weight excluding hydrogens is 374 g/mol. The molecule has 0 radical (unpaired) electrons. The average Bonchev–Trinajstić information content (AvgIpc) is 3.42. The molecule has 2 atom stereocenters. The zero-order chi connectivity index (χ0) is 20.0. The molecule has 0 bridgehead atoms. The number of fused-ring (bicyclic) bond motifs is 3. The van der Waals surface area contributed by atoms with Gasteiger partial charge >= 0.3 is 0 Å². The van der Waals surface area contributed by atoms with Crippen LogP contribution in [0.5, 0.6) is 11.5 Å². The number of nitro benzene ring substituents is 1. The van der Waals surface area contributed by atoms with Gasteiger partial charge in [-0.2, -0.15) is 5.01 Å². The Kier molecular flexibility index (Phi) is 3.99. The van der Waals surface area contributed by atoms with Crippen molar-refractivity contribution in [2.45, 2.75) is 12.3 Å². The predicted octanol–water partition coefficient (Wildman–Crippen LogP) is 4.19. The van der Waals surface area contributed by atoms with E-state index in [1.165, 1.54) is 12.1 Å². The molecule has 0 spiro atoms. The first-order valence-corrected chi connectivity index (χ1v) is 9.04. The van der Waals surface area contributed by atoms with E-state index < -0.39 is 11.2 Å². The van der Waals surface area contributed by atoms with E-state index in [9.17, 15) is 10.1 Å². The Bertz CT molecular complexity index is 1090. The molecule has 3 aromatic rings. The van der Waals surface area contributed by atoms with Gasteiger partial charge in [-0.15, -0.1) is 0 Å². The second-order valence-corrected chi connectivity index (χ2v) is 6.72. The molecule has 2 unspecified atom stereocenters. The maximum absolute atomic E-state index is 11.0. The molecule has 0 fully saturated rings. The van der Waals surface area contributed by atoms with E-state index in [1.54, 1.807) is 25.5 Å². The van der Waals surface area contributed by atoms with Gasteiger partial charge in [0.25, 0.3) is 5.69 Å². The molecule has 2 aromatic carbocycles. The topological polar surface area (TPSA) is 90.0 Å². The first-order valence-electron chi connectivity index (χ1n) is 9.04. The van der Waals surface area contributed by atoms with Crippen LogP contribution in [0.4, 0.5) is 5.69 Å². The number of nitrogens with one attached hydrogen (secondary N) is 1. The SMILES string of the molecule is COc1cccc2c1OC(c1ccc([N+](=O)[O-])cc1)N1NC(c3ccco3)=CC21. The minimum Gasteiger partial charge on any atom is -0.493 e. The first-order chi connectivity index (χ1) is 14.2. The summed E-state index contributed by atoms with van der Waals surface area (Å²) in [5.41, 5.74) is 5.95. The van der Waals surface area contributed by atoms with Gasteiger partial charge in [0.05, 0.1) is 30.0 Å². The lowest BCUT2D eigenvalue weighted by Crippen LogP contribution is -2.43. The Morgan fingerprint density at radius 1 is 1.14 bits per heavy atom. The third-order valence-electron chi connectivity index (χ3n) is 5.08. The van der Waals surface area contributed by atoms with Crippen molar-refractivity contribution < 1.29 is 18.8 Å². The van der Waals surface area contributed by atoms with Crippen molar-refractivity contribution >= 4 is 11.4 Å². The Morgan fingerprint density at radius 2 is 1.97 bits per heavy atom. The molecule has 0 amide bonds. The van der Waals surface area contributed by atoms with E-state index >= 15 is 0 Å². The van der Waals surface area contributed by atoms with Gasteiger partial charge in [-0.1, -0.05) is 12.1 Å². The zero-order valence-electron chi connectivity index (χ0n) is 15.4. The van der Waals surface area contributed by atoms with Gasteiger partial charge < -0.3 is 19.3 Å². The van der Waals surface area contributed by atoms with Crippen LogP contribution in [-0.2, 0) is 0 Å². The molecule has 8 heteroatoms. The van der Waals surface area contributed by atoms with E-state index in [2.05, 4.69) is 11.5 Å². The molecule has 0 saturated carbocycles. The lowest BCUT2D eigenvalue weighted by atomic mass is 10.0. The van der Waals surface area contributed by atoms with Crippen molar-refractivity contribution in [3.05, 3.63) is 93.9 Å². The highest BCUT2D eigenvalue weighted by Crippen LogP contribution is 2.49. The number of hydrogen-bond acceptors (Lipinski definition) is 7. The highest BCUT2D eigenvalue weighted by atomic mass is 16.6. The molecule has 0 saturated heterocycles. The molecule has 2 aliphatic rings. The van der Waals surface area contributed by atoms with Crippen LogP contribution in [0.1, 0.15) is 29.2 Å². The number of furan rings is 1. The number of rotatable bonds is 4. The van der Waals surface area contributed by atoms with Crippen LogP contribution in [0.25, 0.3) is 5.70 Å². The molecule has 1 N–H and O–H groups in total. The number of benzene rings is 2.